The summed E-state index contributed by atoms with van der Waals surface area (Å²) in [6.07, 6.45) is 2.10. The Morgan fingerprint density at radius 2 is 2.20 bits per heavy atom. The molecule has 138 valence electrons. The van der Waals surface area contributed by atoms with Crippen LogP contribution in [0.2, 0.25) is 10.0 Å². The molecule has 1 saturated heterocycles. The van der Waals surface area contributed by atoms with Crippen molar-refractivity contribution in [3.8, 4) is 0 Å². The molecule has 1 aromatic rings. The minimum absolute atomic E-state index is 0.00558. The second-order valence-corrected chi connectivity index (χ2v) is 8.11. The van der Waals surface area contributed by atoms with Gasteiger partial charge in [0.2, 0.25) is 0 Å². The van der Waals surface area contributed by atoms with Crippen LogP contribution in [0.25, 0.3) is 0 Å². The summed E-state index contributed by atoms with van der Waals surface area (Å²) in [5.74, 6) is -1.21. The maximum absolute atomic E-state index is 12.5. The minimum Gasteiger partial charge on any atom is -0.466 e. The lowest BCUT2D eigenvalue weighted by molar-refractivity contribution is -0.149. The molecular weight excluding hydrogens is 387 g/mol. The normalized spacial score (nSPS) is 23.2. The SMILES string of the molecule is C=CCCN1C[C@H](C(=O)OCC)C(c2ccc(Cl)cc2Cl)NS1(=O)=O. The van der Waals surface area contributed by atoms with E-state index in [9.17, 15) is 13.2 Å². The number of esters is 1. The fourth-order valence-corrected chi connectivity index (χ4v) is 4.67. The average Bonchev–Trinajstić information content (AvgIpc) is 2.53. The Balaban J connectivity index is 2.41. The van der Waals surface area contributed by atoms with Crippen molar-refractivity contribution in [2.45, 2.75) is 19.4 Å². The number of benzene rings is 1. The van der Waals surface area contributed by atoms with E-state index < -0.39 is 28.1 Å². The van der Waals surface area contributed by atoms with Crippen molar-refractivity contribution < 1.29 is 17.9 Å². The van der Waals surface area contributed by atoms with Gasteiger partial charge in [0.05, 0.1) is 18.6 Å². The van der Waals surface area contributed by atoms with E-state index in [0.29, 0.717) is 17.0 Å². The molecule has 6 nitrogen and oxygen atoms in total. The molecule has 0 bridgehead atoms. The molecule has 0 radical (unpaired) electrons. The first-order valence-corrected chi connectivity index (χ1v) is 9.99. The van der Waals surface area contributed by atoms with Crippen LogP contribution in [0, 0.1) is 5.92 Å². The van der Waals surface area contributed by atoms with Crippen LogP contribution in [0.4, 0.5) is 0 Å². The van der Waals surface area contributed by atoms with E-state index in [1.165, 1.54) is 10.4 Å². The maximum Gasteiger partial charge on any atom is 0.312 e. The van der Waals surface area contributed by atoms with Gasteiger partial charge in [-0.2, -0.15) is 17.4 Å². The van der Waals surface area contributed by atoms with Gasteiger partial charge in [0, 0.05) is 23.1 Å². The van der Waals surface area contributed by atoms with Crippen molar-refractivity contribution in [3.05, 3.63) is 46.5 Å². The number of hydrogen-bond acceptors (Lipinski definition) is 4. The van der Waals surface area contributed by atoms with Crippen LogP contribution in [0.5, 0.6) is 0 Å². The third-order valence-corrected chi connectivity index (χ3v) is 6.01. The van der Waals surface area contributed by atoms with Crippen LogP contribution in [-0.4, -0.2) is 38.4 Å². The van der Waals surface area contributed by atoms with Crippen LogP contribution in [-0.2, 0) is 19.7 Å². The summed E-state index contributed by atoms with van der Waals surface area (Å²) < 4.78 is 34.0. The highest BCUT2D eigenvalue weighted by Crippen LogP contribution is 2.35. The zero-order chi connectivity index (χ0) is 18.6. The Hall–Kier alpha value is -1.12. The number of hydrogen-bond donors (Lipinski definition) is 1. The van der Waals surface area contributed by atoms with Crippen molar-refractivity contribution in [2.75, 3.05) is 19.7 Å². The summed E-state index contributed by atoms with van der Waals surface area (Å²) in [4.78, 5) is 12.4. The highest BCUT2D eigenvalue weighted by molar-refractivity contribution is 7.87. The van der Waals surface area contributed by atoms with E-state index in [0.717, 1.165) is 0 Å². The molecule has 1 aliphatic heterocycles. The lowest BCUT2D eigenvalue weighted by atomic mass is 9.93. The smallest absolute Gasteiger partial charge is 0.312 e. The van der Waals surface area contributed by atoms with Gasteiger partial charge in [0.25, 0.3) is 10.2 Å². The first-order chi connectivity index (χ1) is 11.8. The second kappa shape index (κ2) is 8.51. The summed E-state index contributed by atoms with van der Waals surface area (Å²) in [5, 5.41) is 0.710. The van der Waals surface area contributed by atoms with Gasteiger partial charge in [-0.3, -0.25) is 4.79 Å². The van der Waals surface area contributed by atoms with Gasteiger partial charge in [0.15, 0.2) is 0 Å². The quantitative estimate of drug-likeness (QED) is 0.581. The largest absolute Gasteiger partial charge is 0.466 e. The van der Waals surface area contributed by atoms with Crippen LogP contribution >= 0.6 is 23.2 Å². The van der Waals surface area contributed by atoms with Crippen molar-refractivity contribution in [3.63, 3.8) is 0 Å². The predicted molar refractivity (Wildman–Crippen MR) is 97.8 cm³/mol. The molecule has 25 heavy (non-hydrogen) atoms. The predicted octanol–water partition coefficient (Wildman–Crippen LogP) is 2.94. The molecule has 0 spiro atoms. The maximum atomic E-state index is 12.5. The van der Waals surface area contributed by atoms with Crippen molar-refractivity contribution in [1.82, 2.24) is 9.03 Å². The van der Waals surface area contributed by atoms with Crippen LogP contribution < -0.4 is 4.72 Å². The van der Waals surface area contributed by atoms with E-state index in [1.54, 1.807) is 25.1 Å². The summed E-state index contributed by atoms with van der Waals surface area (Å²) in [6.45, 7) is 5.74. The van der Waals surface area contributed by atoms with E-state index in [2.05, 4.69) is 11.3 Å². The first kappa shape index (κ1) is 20.2. The molecule has 0 aliphatic carbocycles. The fourth-order valence-electron chi connectivity index (χ4n) is 2.68. The second-order valence-electron chi connectivity index (χ2n) is 5.56. The van der Waals surface area contributed by atoms with Crippen LogP contribution in [0.15, 0.2) is 30.9 Å². The Labute approximate surface area is 157 Å². The van der Waals surface area contributed by atoms with E-state index >= 15 is 0 Å². The lowest BCUT2D eigenvalue weighted by Crippen LogP contribution is -2.55. The van der Waals surface area contributed by atoms with Gasteiger partial charge in [-0.1, -0.05) is 35.3 Å². The van der Waals surface area contributed by atoms with Gasteiger partial charge in [-0.05, 0) is 31.0 Å². The van der Waals surface area contributed by atoms with Crippen molar-refractivity contribution >= 4 is 39.4 Å². The van der Waals surface area contributed by atoms with Gasteiger partial charge in [-0.25, -0.2) is 0 Å². The molecule has 0 saturated carbocycles. The minimum atomic E-state index is -3.77. The molecule has 1 aromatic carbocycles. The van der Waals surface area contributed by atoms with E-state index in [1.807, 2.05) is 0 Å². The number of carbonyl (C=O) groups excluding carboxylic acids is 1. The molecular formula is C16H20Cl2N2O4S. The Kier molecular flexibility index (Phi) is 6.87. The number of halogens is 2. The summed E-state index contributed by atoms with van der Waals surface area (Å²) in [5.41, 5.74) is 0.482. The number of nitrogens with one attached hydrogen (secondary N) is 1. The molecule has 1 heterocycles. The van der Waals surface area contributed by atoms with Gasteiger partial charge < -0.3 is 4.74 Å². The lowest BCUT2D eigenvalue weighted by Gasteiger charge is -2.37. The third kappa shape index (κ3) is 4.74. The van der Waals surface area contributed by atoms with Crippen LogP contribution in [0.1, 0.15) is 24.9 Å². The zero-order valence-electron chi connectivity index (χ0n) is 13.7. The van der Waals surface area contributed by atoms with E-state index in [4.69, 9.17) is 27.9 Å². The molecule has 0 amide bonds. The zero-order valence-corrected chi connectivity index (χ0v) is 16.1. The molecule has 0 aromatic heterocycles. The Bertz CT molecular complexity index is 755. The molecule has 9 heteroatoms. The third-order valence-electron chi connectivity index (χ3n) is 3.89. The number of nitrogens with zero attached hydrogens (tertiary/aromatic N) is 1. The van der Waals surface area contributed by atoms with Gasteiger partial charge in [0.1, 0.15) is 0 Å². The average molecular weight is 407 g/mol. The highest BCUT2D eigenvalue weighted by Gasteiger charge is 2.43. The fraction of sp³-hybridized carbons (Fsp3) is 0.438. The molecule has 1 N–H and O–H groups in total. The van der Waals surface area contributed by atoms with Crippen molar-refractivity contribution in [2.24, 2.45) is 5.92 Å². The van der Waals surface area contributed by atoms with Crippen molar-refractivity contribution in [1.29, 1.82) is 0 Å². The van der Waals surface area contributed by atoms with E-state index in [-0.39, 0.29) is 24.7 Å². The number of ether oxygens (including phenoxy) is 1. The van der Waals surface area contributed by atoms with Gasteiger partial charge in [-0.15, -0.1) is 6.58 Å². The molecule has 2 atom stereocenters. The molecule has 1 unspecified atom stereocenters. The first-order valence-electron chi connectivity index (χ1n) is 7.80. The Morgan fingerprint density at radius 3 is 2.80 bits per heavy atom. The highest BCUT2D eigenvalue weighted by atomic mass is 35.5. The summed E-state index contributed by atoms with van der Waals surface area (Å²) in [7, 11) is -3.77. The Morgan fingerprint density at radius 1 is 1.48 bits per heavy atom. The molecule has 1 aliphatic rings. The molecule has 1 fully saturated rings. The standard InChI is InChI=1S/C16H20Cl2N2O4S/c1-3-5-8-20-10-13(16(21)24-4-2)15(19-25(20,22)23)12-7-6-11(17)9-14(12)18/h3,6-7,9,13,15,19H,1,4-5,8,10H2,2H3/t13-,15?/m0/s1. The summed E-state index contributed by atoms with van der Waals surface area (Å²) in [6, 6.07) is 3.90. The number of rotatable bonds is 6. The molecule has 2 rings (SSSR count). The number of carbonyl (C=O) groups is 1. The summed E-state index contributed by atoms with van der Waals surface area (Å²) >= 11 is 12.1. The monoisotopic (exact) mass is 406 g/mol. The van der Waals surface area contributed by atoms with Crippen LogP contribution in [0.3, 0.4) is 0 Å². The van der Waals surface area contributed by atoms with Gasteiger partial charge >= 0.3 is 5.97 Å². The topological polar surface area (TPSA) is 75.7 Å².